The maximum atomic E-state index is 13.4. The maximum absolute atomic E-state index is 13.4. The van der Waals surface area contributed by atoms with Gasteiger partial charge in [0.05, 0.1) is 13.4 Å². The molecule has 22 heteroatoms. The van der Waals surface area contributed by atoms with E-state index in [0.717, 1.165) is 64.2 Å². The molecule has 0 spiro atoms. The molecular weight excluding hydrogens is 889 g/mol. The second-order valence-corrected chi connectivity index (χ2v) is 19.9. The summed E-state index contributed by atoms with van der Waals surface area (Å²) in [4.78, 5) is 74.1. The summed E-state index contributed by atoms with van der Waals surface area (Å²) < 4.78 is 107. The molecule has 8 N–H and O–H groups in total. The van der Waals surface area contributed by atoms with E-state index in [4.69, 9.17) is 16.3 Å². The smallest absolute Gasteiger partial charge is 0.462 e. The van der Waals surface area contributed by atoms with E-state index < -0.39 is 104 Å². The molecule has 0 aromatic rings. The van der Waals surface area contributed by atoms with Gasteiger partial charge in [0, 0.05) is 12.8 Å². The van der Waals surface area contributed by atoms with Gasteiger partial charge in [0.1, 0.15) is 43.2 Å². The monoisotopic (exact) mass is 975 g/mol. The first-order chi connectivity index (χ1) is 31.6. The molecular formula is C41H81O19P3. The number of ether oxygens (including phenoxy) is 2. The molecule has 63 heavy (non-hydrogen) atoms. The summed E-state index contributed by atoms with van der Waals surface area (Å²) in [7, 11) is -17.8. The SMILES string of the molecule is [2H]C([2H])(OC(=O)CCCCCCCCCCCCCCC)C([2H])(OC(=O)CCCCCCCCCCCCCCC)C([2H])([2H])OP(=O)(O)OC1[C@H](O)[C@H](OP(=O)(O)O)C(O)[C@H](OP(=O)(O)O)[C@H]1O. The zero-order valence-corrected chi connectivity index (χ0v) is 39.9. The minimum Gasteiger partial charge on any atom is -0.462 e. The van der Waals surface area contributed by atoms with Crippen molar-refractivity contribution in [3.63, 3.8) is 0 Å². The number of carbonyl (C=O) groups is 2. The molecule has 1 aliphatic rings. The van der Waals surface area contributed by atoms with Crippen LogP contribution < -0.4 is 0 Å². The average molecular weight is 976 g/mol. The summed E-state index contributed by atoms with van der Waals surface area (Å²) in [6, 6.07) is 0. The number of phosphoric ester groups is 3. The van der Waals surface area contributed by atoms with E-state index in [2.05, 4.69) is 31.9 Å². The molecule has 374 valence electrons. The number of hydrogen-bond acceptors (Lipinski definition) is 14. The largest absolute Gasteiger partial charge is 0.472 e. The molecule has 1 rings (SSSR count). The Morgan fingerprint density at radius 3 is 1.13 bits per heavy atom. The van der Waals surface area contributed by atoms with Gasteiger partial charge in [-0.25, -0.2) is 13.7 Å². The van der Waals surface area contributed by atoms with Crippen LogP contribution in [-0.2, 0) is 50.9 Å². The number of esters is 2. The van der Waals surface area contributed by atoms with Crippen molar-refractivity contribution >= 4 is 35.4 Å². The highest BCUT2D eigenvalue weighted by molar-refractivity contribution is 7.47. The molecule has 1 fully saturated rings. The van der Waals surface area contributed by atoms with Gasteiger partial charge in [-0.1, -0.05) is 168 Å². The fraction of sp³-hybridized carbons (Fsp3) is 0.951. The fourth-order valence-electron chi connectivity index (χ4n) is 7.09. The third kappa shape index (κ3) is 30.9. The predicted octanol–water partition coefficient (Wildman–Crippen LogP) is 7.96. The van der Waals surface area contributed by atoms with Gasteiger partial charge in [-0.3, -0.25) is 27.7 Å². The Labute approximate surface area is 381 Å². The highest BCUT2D eigenvalue weighted by Crippen LogP contribution is 2.51. The Morgan fingerprint density at radius 2 is 0.794 bits per heavy atom. The first-order valence-electron chi connectivity index (χ1n) is 25.3. The summed E-state index contributed by atoms with van der Waals surface area (Å²) in [5, 5.41) is 32.0. The first kappa shape index (κ1) is 51.5. The highest BCUT2D eigenvalue weighted by atomic mass is 31.2. The molecule has 0 aromatic heterocycles. The zero-order chi connectivity index (χ0) is 51.7. The molecule has 0 aromatic carbocycles. The third-order valence-corrected chi connectivity index (χ3v) is 12.4. The molecule has 0 radical (unpaired) electrons. The Balaban J connectivity index is 3.14. The van der Waals surface area contributed by atoms with Crippen LogP contribution in [0.5, 0.6) is 0 Å². The number of hydrogen-bond donors (Lipinski definition) is 8. The first-order valence-corrected chi connectivity index (χ1v) is 27.4. The lowest BCUT2D eigenvalue weighted by Crippen LogP contribution is -2.65. The van der Waals surface area contributed by atoms with Crippen molar-refractivity contribution in [1.29, 1.82) is 0 Å². The minimum atomic E-state index is -6.37. The molecule has 19 nitrogen and oxygen atoms in total. The second kappa shape index (κ2) is 34.4. The van der Waals surface area contributed by atoms with Gasteiger partial charge in [-0.05, 0) is 12.8 Å². The van der Waals surface area contributed by atoms with Crippen LogP contribution >= 0.6 is 23.5 Å². The molecule has 0 saturated heterocycles. The predicted molar refractivity (Wildman–Crippen MR) is 234 cm³/mol. The van der Waals surface area contributed by atoms with E-state index in [1.54, 1.807) is 0 Å². The summed E-state index contributed by atoms with van der Waals surface area (Å²) in [6.07, 6.45) is 3.78. The summed E-state index contributed by atoms with van der Waals surface area (Å²) in [5.74, 6) is -2.69. The number of unbranched alkanes of at least 4 members (excludes halogenated alkanes) is 24. The summed E-state index contributed by atoms with van der Waals surface area (Å²) in [5.41, 5.74) is 0. The maximum Gasteiger partial charge on any atom is 0.472 e. The number of aliphatic hydroxyl groups excluding tert-OH is 3. The van der Waals surface area contributed by atoms with Crippen molar-refractivity contribution in [3.05, 3.63) is 0 Å². The topological polar surface area (TPSA) is 303 Å². The molecule has 0 amide bonds. The van der Waals surface area contributed by atoms with Gasteiger partial charge in [0.25, 0.3) is 0 Å². The van der Waals surface area contributed by atoms with Crippen molar-refractivity contribution in [2.75, 3.05) is 13.1 Å². The van der Waals surface area contributed by atoms with Crippen LogP contribution in [0.3, 0.4) is 0 Å². The quantitative estimate of drug-likeness (QED) is 0.0164. The van der Waals surface area contributed by atoms with Gasteiger partial charge < -0.3 is 49.3 Å². The van der Waals surface area contributed by atoms with Gasteiger partial charge in [-0.15, -0.1) is 0 Å². The van der Waals surface area contributed by atoms with E-state index in [0.29, 0.717) is 19.3 Å². The summed E-state index contributed by atoms with van der Waals surface area (Å²) >= 11 is 0. The van der Waals surface area contributed by atoms with Crippen molar-refractivity contribution < 1.29 is 97.5 Å². The Bertz CT molecular complexity index is 1540. The Hall–Kier alpha value is -0.850. The van der Waals surface area contributed by atoms with Gasteiger partial charge >= 0.3 is 35.4 Å². The Kier molecular flexibility index (Phi) is 28.2. The van der Waals surface area contributed by atoms with Gasteiger partial charge in [0.2, 0.25) is 0 Å². The van der Waals surface area contributed by atoms with Crippen LogP contribution in [0.15, 0.2) is 0 Å². The van der Waals surface area contributed by atoms with E-state index in [-0.39, 0.29) is 12.8 Å². The van der Waals surface area contributed by atoms with Crippen molar-refractivity contribution in [1.82, 2.24) is 0 Å². The minimum absolute atomic E-state index is 0.138. The normalized spacial score (nSPS) is 24.3. The third-order valence-electron chi connectivity index (χ3n) is 10.5. The van der Waals surface area contributed by atoms with Crippen LogP contribution in [0.25, 0.3) is 0 Å². The number of phosphoric acid groups is 3. The van der Waals surface area contributed by atoms with Crippen LogP contribution in [-0.4, -0.2) is 108 Å². The van der Waals surface area contributed by atoms with Crippen LogP contribution in [0.1, 0.15) is 200 Å². The number of carbonyl (C=O) groups excluding carboxylic acids is 2. The number of rotatable bonds is 40. The lowest BCUT2D eigenvalue weighted by atomic mass is 9.85. The van der Waals surface area contributed by atoms with E-state index >= 15 is 0 Å². The highest BCUT2D eigenvalue weighted by Gasteiger charge is 2.56. The molecule has 8 atom stereocenters. The average Bonchev–Trinajstić information content (AvgIpc) is 3.21. The lowest BCUT2D eigenvalue weighted by molar-refractivity contribution is -0.213. The van der Waals surface area contributed by atoms with Gasteiger partial charge in [0.15, 0.2) is 6.08 Å². The summed E-state index contributed by atoms with van der Waals surface area (Å²) in [6.45, 7) is -3.99. The second-order valence-electron chi connectivity index (χ2n) is 16.2. The van der Waals surface area contributed by atoms with E-state index in [9.17, 15) is 63.1 Å². The van der Waals surface area contributed by atoms with Crippen molar-refractivity contribution in [2.24, 2.45) is 0 Å². The van der Waals surface area contributed by atoms with Crippen molar-refractivity contribution in [2.45, 2.75) is 236 Å². The molecule has 1 aliphatic carbocycles. The lowest BCUT2D eigenvalue weighted by Gasteiger charge is -2.44. The molecule has 0 heterocycles. The van der Waals surface area contributed by atoms with Crippen molar-refractivity contribution in [3.8, 4) is 0 Å². The van der Waals surface area contributed by atoms with E-state index in [1.165, 1.54) is 70.6 Å². The van der Waals surface area contributed by atoms with Crippen LogP contribution in [0.4, 0.5) is 0 Å². The molecule has 0 aliphatic heterocycles. The fourth-order valence-corrected chi connectivity index (χ4v) is 9.02. The molecule has 0 bridgehead atoms. The Morgan fingerprint density at radius 1 is 0.492 bits per heavy atom. The molecule has 1 saturated carbocycles. The number of aliphatic hydroxyl groups is 3. The standard InChI is InChI=1S/C41H81O19P3/c1-3-5-7-9-11-13-15-17-19-21-23-25-27-29-34(42)55-31-33(57-35(43)30-28-26-24-22-20-18-16-14-12-10-8-6-4-2)32-56-63(53,54)60-41-37(45)39(58-61(47,48)49)36(44)40(38(41)46)59-62(50,51)52/h33,36-41,44-46H,3-32H2,1-2H3,(H,53,54)(H2,47,48,49)(H2,50,51,52)/t33?,36?,37-,38-,39-,40+,41?/m1/s1/i31D2,32D2,33D. The van der Waals surface area contributed by atoms with E-state index in [1.807, 2.05) is 0 Å². The molecule has 4 unspecified atom stereocenters. The van der Waals surface area contributed by atoms with Crippen LogP contribution in [0.2, 0.25) is 0 Å². The van der Waals surface area contributed by atoms with Gasteiger partial charge in [-0.2, -0.15) is 0 Å². The van der Waals surface area contributed by atoms with Crippen LogP contribution in [0, 0.1) is 0 Å². The zero-order valence-electron chi connectivity index (χ0n) is 42.2.